The highest BCUT2D eigenvalue weighted by molar-refractivity contribution is 5.74. The van der Waals surface area contributed by atoms with E-state index in [9.17, 15) is 0 Å². The molecule has 0 aromatic heterocycles. The van der Waals surface area contributed by atoms with Crippen LogP contribution < -0.4 is 15.4 Å². The summed E-state index contributed by atoms with van der Waals surface area (Å²) in [5, 5.41) is 0. The highest BCUT2D eigenvalue weighted by Gasteiger charge is 2.17. The summed E-state index contributed by atoms with van der Waals surface area (Å²) < 4.78 is 5.28. The minimum Gasteiger partial charge on any atom is -0.495 e. The molecular formula is C14H22N2O. The van der Waals surface area contributed by atoms with Crippen LogP contribution in [0, 0.1) is 5.92 Å². The van der Waals surface area contributed by atoms with Gasteiger partial charge in [0.1, 0.15) is 5.75 Å². The lowest BCUT2D eigenvalue weighted by Crippen LogP contribution is -2.25. The van der Waals surface area contributed by atoms with Crippen molar-refractivity contribution in [3.63, 3.8) is 0 Å². The second-order valence-corrected chi connectivity index (χ2v) is 4.92. The molecule has 3 heteroatoms. The molecule has 0 spiro atoms. The zero-order valence-electron chi connectivity index (χ0n) is 10.8. The first-order valence-corrected chi connectivity index (χ1v) is 6.39. The Hall–Kier alpha value is -1.38. The average Bonchev–Trinajstić information content (AvgIpc) is 2.54. The van der Waals surface area contributed by atoms with Crippen molar-refractivity contribution in [2.45, 2.75) is 26.2 Å². The van der Waals surface area contributed by atoms with Crippen molar-refractivity contribution in [2.24, 2.45) is 5.92 Å². The van der Waals surface area contributed by atoms with Gasteiger partial charge in [-0.05, 0) is 37.3 Å². The Bertz CT molecular complexity index is 378. The van der Waals surface area contributed by atoms with E-state index in [2.05, 4.69) is 17.9 Å². The van der Waals surface area contributed by atoms with Crippen LogP contribution in [0.25, 0.3) is 0 Å². The minimum atomic E-state index is 0.768. The predicted octanol–water partition coefficient (Wildman–Crippen LogP) is 2.90. The maximum absolute atomic E-state index is 6.14. The van der Waals surface area contributed by atoms with E-state index in [-0.39, 0.29) is 0 Å². The standard InChI is InChI=1S/C14H22N2O/c1-11-5-4-9-16(10-8-11)12-6-3-7-13(17-2)14(12)15/h3,6-7,11H,4-5,8-10,15H2,1-2H3. The molecule has 0 saturated carbocycles. The average molecular weight is 234 g/mol. The van der Waals surface area contributed by atoms with Crippen molar-refractivity contribution in [3.05, 3.63) is 18.2 Å². The molecule has 94 valence electrons. The fourth-order valence-electron chi connectivity index (χ4n) is 2.49. The normalized spacial score (nSPS) is 21.1. The smallest absolute Gasteiger partial charge is 0.143 e. The van der Waals surface area contributed by atoms with E-state index in [0.717, 1.165) is 36.1 Å². The number of ether oxygens (including phenoxy) is 1. The number of benzene rings is 1. The number of hydrogen-bond donors (Lipinski definition) is 1. The van der Waals surface area contributed by atoms with E-state index in [0.29, 0.717) is 0 Å². The third-order valence-corrected chi connectivity index (χ3v) is 3.62. The van der Waals surface area contributed by atoms with E-state index in [1.807, 2.05) is 12.1 Å². The van der Waals surface area contributed by atoms with Gasteiger partial charge in [-0.25, -0.2) is 0 Å². The molecule has 1 aliphatic rings. The molecule has 1 aromatic carbocycles. The van der Waals surface area contributed by atoms with Gasteiger partial charge in [0.15, 0.2) is 0 Å². The highest BCUT2D eigenvalue weighted by atomic mass is 16.5. The molecule has 3 nitrogen and oxygen atoms in total. The lowest BCUT2D eigenvalue weighted by molar-refractivity contribution is 0.417. The van der Waals surface area contributed by atoms with E-state index >= 15 is 0 Å². The monoisotopic (exact) mass is 234 g/mol. The lowest BCUT2D eigenvalue weighted by Gasteiger charge is -2.25. The Kier molecular flexibility index (Phi) is 3.77. The van der Waals surface area contributed by atoms with Gasteiger partial charge in [-0.1, -0.05) is 13.0 Å². The van der Waals surface area contributed by atoms with E-state index < -0.39 is 0 Å². The van der Waals surface area contributed by atoms with Crippen LogP contribution in [0.4, 0.5) is 11.4 Å². The molecule has 1 atom stereocenters. The Morgan fingerprint density at radius 2 is 2.12 bits per heavy atom. The molecule has 1 aliphatic heterocycles. The van der Waals surface area contributed by atoms with Crippen LogP contribution in [-0.2, 0) is 0 Å². The SMILES string of the molecule is COc1cccc(N2CCCC(C)CC2)c1N. The molecule has 0 amide bonds. The quantitative estimate of drug-likeness (QED) is 0.800. The number of rotatable bonds is 2. The van der Waals surface area contributed by atoms with Gasteiger partial charge < -0.3 is 15.4 Å². The van der Waals surface area contributed by atoms with Gasteiger partial charge in [0.2, 0.25) is 0 Å². The van der Waals surface area contributed by atoms with Gasteiger partial charge in [-0.15, -0.1) is 0 Å². The second-order valence-electron chi connectivity index (χ2n) is 4.92. The third kappa shape index (κ3) is 2.65. The van der Waals surface area contributed by atoms with Crippen molar-refractivity contribution in [1.29, 1.82) is 0 Å². The van der Waals surface area contributed by atoms with Crippen LogP contribution in [0.15, 0.2) is 18.2 Å². The first-order chi connectivity index (χ1) is 8.22. The van der Waals surface area contributed by atoms with Crippen LogP contribution >= 0.6 is 0 Å². The first kappa shape index (κ1) is 12.1. The van der Waals surface area contributed by atoms with Gasteiger partial charge in [0, 0.05) is 13.1 Å². The fourth-order valence-corrected chi connectivity index (χ4v) is 2.49. The summed E-state index contributed by atoms with van der Waals surface area (Å²) in [6, 6.07) is 6.02. The number of nitrogens with zero attached hydrogens (tertiary/aromatic N) is 1. The topological polar surface area (TPSA) is 38.5 Å². The van der Waals surface area contributed by atoms with Gasteiger partial charge >= 0.3 is 0 Å². The molecule has 1 unspecified atom stereocenters. The van der Waals surface area contributed by atoms with Gasteiger partial charge in [-0.3, -0.25) is 0 Å². The number of methoxy groups -OCH3 is 1. The van der Waals surface area contributed by atoms with Crippen molar-refractivity contribution in [1.82, 2.24) is 0 Å². The zero-order chi connectivity index (χ0) is 12.3. The van der Waals surface area contributed by atoms with Crippen molar-refractivity contribution >= 4 is 11.4 Å². The number of nitrogen functional groups attached to an aromatic ring is 1. The summed E-state index contributed by atoms with van der Waals surface area (Å²) in [6.07, 6.45) is 3.81. The molecule has 2 N–H and O–H groups in total. The summed E-state index contributed by atoms with van der Waals surface area (Å²) in [5.74, 6) is 1.60. The summed E-state index contributed by atoms with van der Waals surface area (Å²) in [7, 11) is 1.67. The molecule has 0 aliphatic carbocycles. The molecular weight excluding hydrogens is 212 g/mol. The molecule has 0 radical (unpaired) electrons. The van der Waals surface area contributed by atoms with Crippen LogP contribution in [0.1, 0.15) is 26.2 Å². The number of para-hydroxylation sites is 1. The Labute approximate surface area is 104 Å². The summed E-state index contributed by atoms with van der Waals surface area (Å²) in [4.78, 5) is 2.39. The maximum atomic E-state index is 6.14. The molecule has 1 saturated heterocycles. The van der Waals surface area contributed by atoms with E-state index in [4.69, 9.17) is 10.5 Å². The van der Waals surface area contributed by atoms with Crippen molar-refractivity contribution in [3.8, 4) is 5.75 Å². The van der Waals surface area contributed by atoms with Crippen LogP contribution in [0.5, 0.6) is 5.75 Å². The van der Waals surface area contributed by atoms with Crippen LogP contribution in [0.2, 0.25) is 0 Å². The number of anilines is 2. The molecule has 1 aromatic rings. The Balaban J connectivity index is 2.21. The molecule has 17 heavy (non-hydrogen) atoms. The van der Waals surface area contributed by atoms with Crippen molar-refractivity contribution < 1.29 is 4.74 Å². The Morgan fingerprint density at radius 1 is 1.29 bits per heavy atom. The summed E-state index contributed by atoms with van der Waals surface area (Å²) in [5.41, 5.74) is 8.04. The second kappa shape index (κ2) is 5.30. The van der Waals surface area contributed by atoms with E-state index in [1.165, 1.54) is 19.3 Å². The van der Waals surface area contributed by atoms with Gasteiger partial charge in [-0.2, -0.15) is 0 Å². The highest BCUT2D eigenvalue weighted by Crippen LogP contribution is 2.33. The number of hydrogen-bond acceptors (Lipinski definition) is 3. The maximum Gasteiger partial charge on any atom is 0.143 e. The van der Waals surface area contributed by atoms with Gasteiger partial charge in [0.25, 0.3) is 0 Å². The van der Waals surface area contributed by atoms with Crippen molar-refractivity contribution in [2.75, 3.05) is 30.8 Å². The molecule has 1 fully saturated rings. The van der Waals surface area contributed by atoms with E-state index in [1.54, 1.807) is 7.11 Å². The minimum absolute atomic E-state index is 0.768. The summed E-state index contributed by atoms with van der Waals surface area (Å²) >= 11 is 0. The Morgan fingerprint density at radius 3 is 2.88 bits per heavy atom. The summed E-state index contributed by atoms with van der Waals surface area (Å²) in [6.45, 7) is 4.53. The molecule has 1 heterocycles. The molecule has 2 rings (SSSR count). The number of nitrogens with two attached hydrogens (primary N) is 1. The molecule has 0 bridgehead atoms. The predicted molar refractivity (Wildman–Crippen MR) is 72.6 cm³/mol. The first-order valence-electron chi connectivity index (χ1n) is 6.39. The largest absolute Gasteiger partial charge is 0.495 e. The van der Waals surface area contributed by atoms with Crippen LogP contribution in [0.3, 0.4) is 0 Å². The van der Waals surface area contributed by atoms with Gasteiger partial charge in [0.05, 0.1) is 18.5 Å². The third-order valence-electron chi connectivity index (χ3n) is 3.62. The zero-order valence-corrected chi connectivity index (χ0v) is 10.8. The fraction of sp³-hybridized carbons (Fsp3) is 0.571. The van der Waals surface area contributed by atoms with Crippen LogP contribution in [-0.4, -0.2) is 20.2 Å². The lowest BCUT2D eigenvalue weighted by atomic mass is 10.0.